The first-order valence-electron chi connectivity index (χ1n) is 9.63. The van der Waals surface area contributed by atoms with E-state index >= 15 is 0 Å². The van der Waals surface area contributed by atoms with Crippen molar-refractivity contribution >= 4 is 17.2 Å². The molecule has 3 heterocycles. The molecule has 0 aliphatic carbocycles. The lowest BCUT2D eigenvalue weighted by molar-refractivity contribution is -0.145. The molecule has 0 atom stereocenters. The van der Waals surface area contributed by atoms with Gasteiger partial charge in [-0.1, -0.05) is 12.1 Å². The number of hydrogen-bond donors (Lipinski definition) is 0. The summed E-state index contributed by atoms with van der Waals surface area (Å²) in [6, 6.07) is 7.07. The van der Waals surface area contributed by atoms with E-state index in [0.29, 0.717) is 53.4 Å². The number of rotatable bonds is 4. The highest BCUT2D eigenvalue weighted by molar-refractivity contribution is 7.11. The van der Waals surface area contributed by atoms with Gasteiger partial charge >= 0.3 is 6.18 Å². The van der Waals surface area contributed by atoms with Crippen LogP contribution >= 0.6 is 11.3 Å². The molecule has 162 valence electrons. The number of alkyl halides is 3. The van der Waals surface area contributed by atoms with Crippen LogP contribution < -0.4 is 4.74 Å². The van der Waals surface area contributed by atoms with Gasteiger partial charge in [-0.25, -0.2) is 9.97 Å². The van der Waals surface area contributed by atoms with Crippen LogP contribution in [0.4, 0.5) is 13.2 Å². The van der Waals surface area contributed by atoms with Gasteiger partial charge in [-0.3, -0.25) is 9.78 Å². The molecule has 0 unspecified atom stereocenters. The Kier molecular flexibility index (Phi) is 5.90. The summed E-state index contributed by atoms with van der Waals surface area (Å²) >= 11 is 1.27. The monoisotopic (exact) mass is 448 g/mol. The predicted molar refractivity (Wildman–Crippen MR) is 109 cm³/mol. The second kappa shape index (κ2) is 8.62. The molecule has 1 fully saturated rings. The molecule has 1 saturated heterocycles. The quantitative estimate of drug-likeness (QED) is 0.581. The minimum atomic E-state index is -4.63. The number of likely N-dealkylation sites (tertiary alicyclic amines) is 1. The summed E-state index contributed by atoms with van der Waals surface area (Å²) in [5, 5.41) is 0. The summed E-state index contributed by atoms with van der Waals surface area (Å²) in [4.78, 5) is 26.2. The number of carbonyl (C=O) groups is 1. The van der Waals surface area contributed by atoms with Crippen molar-refractivity contribution in [3.63, 3.8) is 0 Å². The lowest BCUT2D eigenvalue weighted by Crippen LogP contribution is -2.38. The molecule has 2 aromatic heterocycles. The molecule has 1 aliphatic heterocycles. The maximum absolute atomic E-state index is 13.3. The highest BCUT2D eigenvalue weighted by atomic mass is 32.1. The number of thiazole rings is 1. The highest BCUT2D eigenvalue weighted by Crippen LogP contribution is 2.37. The van der Waals surface area contributed by atoms with E-state index in [1.807, 2.05) is 0 Å². The summed E-state index contributed by atoms with van der Waals surface area (Å²) in [6.07, 6.45) is -0.856. The third-order valence-electron chi connectivity index (χ3n) is 5.26. The zero-order valence-electron chi connectivity index (χ0n) is 16.6. The Balaban J connectivity index is 1.64. The molecule has 0 radical (unpaired) electrons. The zero-order chi connectivity index (χ0) is 22.0. The fourth-order valence-corrected chi connectivity index (χ4v) is 4.28. The SMILES string of the molecule is COc1cccc(-c2cnc(C(F)(F)F)nc2C2CCN(C(=O)c3cncs3)CC2)c1. The number of nitrogens with zero attached hydrogens (tertiary/aromatic N) is 4. The van der Waals surface area contributed by atoms with Crippen LogP contribution in [0.25, 0.3) is 11.1 Å². The number of ether oxygens (including phenoxy) is 1. The van der Waals surface area contributed by atoms with Gasteiger partial charge in [0, 0.05) is 30.8 Å². The summed E-state index contributed by atoms with van der Waals surface area (Å²) < 4.78 is 45.2. The lowest BCUT2D eigenvalue weighted by atomic mass is 9.88. The average molecular weight is 448 g/mol. The van der Waals surface area contributed by atoms with E-state index in [2.05, 4.69) is 15.0 Å². The zero-order valence-corrected chi connectivity index (χ0v) is 17.4. The third-order valence-corrected chi connectivity index (χ3v) is 6.03. The largest absolute Gasteiger partial charge is 0.497 e. The smallest absolute Gasteiger partial charge is 0.451 e. The summed E-state index contributed by atoms with van der Waals surface area (Å²) in [5.41, 5.74) is 3.17. The molecule has 3 aromatic rings. The number of halogens is 3. The molecule has 0 N–H and O–H groups in total. The van der Waals surface area contributed by atoms with Crippen molar-refractivity contribution in [3.8, 4) is 16.9 Å². The van der Waals surface area contributed by atoms with E-state index in [1.54, 1.807) is 34.7 Å². The first-order valence-corrected chi connectivity index (χ1v) is 10.5. The minimum absolute atomic E-state index is 0.104. The molecule has 0 spiro atoms. The van der Waals surface area contributed by atoms with E-state index in [9.17, 15) is 18.0 Å². The molecule has 1 amide bonds. The van der Waals surface area contributed by atoms with Crippen LogP contribution in [-0.4, -0.2) is 46.0 Å². The standard InChI is InChI=1S/C21H19F3N4O2S/c1-30-15-4-2-3-14(9-15)16-10-26-20(21(22,23)24)27-18(16)13-5-7-28(8-6-13)19(29)17-11-25-12-31-17/h2-4,9-13H,5-8H2,1H3. The van der Waals surface area contributed by atoms with Gasteiger partial charge in [-0.2, -0.15) is 13.2 Å². The van der Waals surface area contributed by atoms with Crippen molar-refractivity contribution in [2.75, 3.05) is 20.2 Å². The Morgan fingerprint density at radius 3 is 2.65 bits per heavy atom. The Labute approximate surface area is 180 Å². The van der Waals surface area contributed by atoms with Crippen molar-refractivity contribution in [1.29, 1.82) is 0 Å². The molecule has 0 saturated carbocycles. The number of carbonyl (C=O) groups excluding carboxylic acids is 1. The first kappa shape index (κ1) is 21.2. The topological polar surface area (TPSA) is 68.2 Å². The first-order chi connectivity index (χ1) is 14.9. The molecule has 1 aliphatic rings. The fraction of sp³-hybridized carbons (Fsp3) is 0.333. The van der Waals surface area contributed by atoms with Crippen LogP contribution in [-0.2, 0) is 6.18 Å². The molecule has 6 nitrogen and oxygen atoms in total. The number of piperidine rings is 1. The van der Waals surface area contributed by atoms with Crippen LogP contribution in [0.5, 0.6) is 5.75 Å². The van der Waals surface area contributed by atoms with Crippen molar-refractivity contribution in [1.82, 2.24) is 19.9 Å². The van der Waals surface area contributed by atoms with Crippen LogP contribution in [0.1, 0.15) is 39.9 Å². The van der Waals surface area contributed by atoms with E-state index < -0.39 is 12.0 Å². The number of hydrogen-bond acceptors (Lipinski definition) is 6. The van der Waals surface area contributed by atoms with Gasteiger partial charge in [0.05, 0.1) is 24.5 Å². The van der Waals surface area contributed by atoms with Crippen LogP contribution in [0.15, 0.2) is 42.2 Å². The van der Waals surface area contributed by atoms with E-state index in [1.165, 1.54) is 30.8 Å². The molecule has 31 heavy (non-hydrogen) atoms. The highest BCUT2D eigenvalue weighted by Gasteiger charge is 2.37. The number of benzene rings is 1. The van der Waals surface area contributed by atoms with Gasteiger partial charge in [0.15, 0.2) is 0 Å². The van der Waals surface area contributed by atoms with Crippen LogP contribution in [0, 0.1) is 0 Å². The third kappa shape index (κ3) is 4.53. The maximum atomic E-state index is 13.3. The normalized spacial score (nSPS) is 15.2. The van der Waals surface area contributed by atoms with E-state index in [4.69, 9.17) is 4.74 Å². The second-order valence-corrected chi connectivity index (χ2v) is 8.04. The number of aromatic nitrogens is 3. The molecular weight excluding hydrogens is 429 g/mol. The Hall–Kier alpha value is -3.01. The van der Waals surface area contributed by atoms with Gasteiger partial charge in [-0.15, -0.1) is 11.3 Å². The van der Waals surface area contributed by atoms with Gasteiger partial charge in [-0.05, 0) is 30.5 Å². The predicted octanol–water partition coefficient (Wildman–Crippen LogP) is 4.65. The minimum Gasteiger partial charge on any atom is -0.497 e. The molecule has 0 bridgehead atoms. The Bertz CT molecular complexity index is 1060. The fourth-order valence-electron chi connectivity index (χ4n) is 3.69. The van der Waals surface area contributed by atoms with Crippen molar-refractivity contribution in [2.24, 2.45) is 0 Å². The summed E-state index contributed by atoms with van der Waals surface area (Å²) in [6.45, 7) is 0.870. The summed E-state index contributed by atoms with van der Waals surface area (Å²) in [5.74, 6) is -0.894. The van der Waals surface area contributed by atoms with Crippen LogP contribution in [0.3, 0.4) is 0 Å². The van der Waals surface area contributed by atoms with E-state index in [0.717, 1.165) is 0 Å². The van der Waals surface area contributed by atoms with Gasteiger partial charge < -0.3 is 9.64 Å². The van der Waals surface area contributed by atoms with Gasteiger partial charge in [0.25, 0.3) is 5.91 Å². The van der Waals surface area contributed by atoms with Crippen LogP contribution in [0.2, 0.25) is 0 Å². The van der Waals surface area contributed by atoms with E-state index in [-0.39, 0.29) is 11.8 Å². The Morgan fingerprint density at radius 2 is 2.00 bits per heavy atom. The molecule has 10 heteroatoms. The summed E-state index contributed by atoms with van der Waals surface area (Å²) in [7, 11) is 1.53. The van der Waals surface area contributed by atoms with Gasteiger partial charge in [0.2, 0.25) is 5.82 Å². The average Bonchev–Trinajstić information content (AvgIpc) is 3.33. The lowest BCUT2D eigenvalue weighted by Gasteiger charge is -2.32. The van der Waals surface area contributed by atoms with Crippen molar-refractivity contribution < 1.29 is 22.7 Å². The maximum Gasteiger partial charge on any atom is 0.451 e. The number of methoxy groups -OCH3 is 1. The molecular formula is C21H19F3N4O2S. The second-order valence-electron chi connectivity index (χ2n) is 7.15. The number of amides is 1. The molecule has 4 rings (SSSR count). The van der Waals surface area contributed by atoms with Gasteiger partial charge in [0.1, 0.15) is 10.6 Å². The Morgan fingerprint density at radius 1 is 1.23 bits per heavy atom. The molecule has 1 aromatic carbocycles. The van der Waals surface area contributed by atoms with Crippen molar-refractivity contribution in [3.05, 3.63) is 58.6 Å². The van der Waals surface area contributed by atoms with Crippen molar-refractivity contribution in [2.45, 2.75) is 24.9 Å².